The van der Waals surface area contributed by atoms with E-state index in [1.165, 1.54) is 11.1 Å². The summed E-state index contributed by atoms with van der Waals surface area (Å²) in [6, 6.07) is 13.9. The van der Waals surface area contributed by atoms with Gasteiger partial charge in [0.2, 0.25) is 11.7 Å². The van der Waals surface area contributed by atoms with Crippen LogP contribution in [0, 0.1) is 0 Å². The number of carbonyl (C=O) groups is 1. The summed E-state index contributed by atoms with van der Waals surface area (Å²) in [5.41, 5.74) is 3.13. The Morgan fingerprint density at radius 1 is 1.03 bits per heavy atom. The van der Waals surface area contributed by atoms with Gasteiger partial charge in [-0.25, -0.2) is 4.79 Å². The summed E-state index contributed by atoms with van der Waals surface area (Å²) < 4.78 is 11.2. The third kappa shape index (κ3) is 5.32. The highest BCUT2D eigenvalue weighted by atomic mass is 35.5. The van der Waals surface area contributed by atoms with Gasteiger partial charge in [-0.1, -0.05) is 59.5 Å². The van der Waals surface area contributed by atoms with Crippen LogP contribution in [0.4, 0.5) is 4.79 Å². The van der Waals surface area contributed by atoms with Crippen molar-refractivity contribution >= 4 is 29.2 Å². The molecule has 5 rings (SSSR count). The Hall–Kier alpha value is -2.61. The molecule has 0 saturated carbocycles. The van der Waals surface area contributed by atoms with Crippen LogP contribution < -0.4 is 0 Å². The van der Waals surface area contributed by atoms with Gasteiger partial charge in [0.15, 0.2) is 0 Å². The Kier molecular flexibility index (Phi) is 7.27. The summed E-state index contributed by atoms with van der Waals surface area (Å²) in [5, 5.41) is 5.23. The van der Waals surface area contributed by atoms with E-state index >= 15 is 0 Å². The Balaban J connectivity index is 1.43. The summed E-state index contributed by atoms with van der Waals surface area (Å²) in [6.45, 7) is 5.66. The molecule has 7 nitrogen and oxygen atoms in total. The number of urea groups is 1. The van der Waals surface area contributed by atoms with Crippen molar-refractivity contribution in [1.29, 1.82) is 0 Å². The van der Waals surface area contributed by atoms with Gasteiger partial charge in [0.1, 0.15) is 0 Å². The highest BCUT2D eigenvalue weighted by Crippen LogP contribution is 2.37. The van der Waals surface area contributed by atoms with Gasteiger partial charge in [-0.05, 0) is 42.2 Å². The molecule has 2 amide bonds. The fraction of sp³-hybridized carbons (Fsp3) is 0.423. The Morgan fingerprint density at radius 3 is 2.51 bits per heavy atom. The zero-order valence-electron chi connectivity index (χ0n) is 19.6. The van der Waals surface area contributed by atoms with Crippen molar-refractivity contribution < 1.29 is 14.1 Å². The number of amides is 2. The molecule has 0 radical (unpaired) electrons. The summed E-state index contributed by atoms with van der Waals surface area (Å²) in [4.78, 5) is 21.9. The minimum Gasteiger partial charge on any atom is -0.378 e. The number of aromatic nitrogens is 2. The van der Waals surface area contributed by atoms with Gasteiger partial charge >= 0.3 is 6.03 Å². The molecule has 2 aliphatic heterocycles. The fourth-order valence-corrected chi connectivity index (χ4v) is 5.21. The molecule has 3 heterocycles. The van der Waals surface area contributed by atoms with E-state index < -0.39 is 0 Å². The Morgan fingerprint density at radius 2 is 1.77 bits per heavy atom. The van der Waals surface area contributed by atoms with Crippen molar-refractivity contribution in [3.05, 3.63) is 69.5 Å². The quantitative estimate of drug-likeness (QED) is 0.451. The molecule has 184 valence electrons. The number of morpholine rings is 1. The second-order valence-electron chi connectivity index (χ2n) is 9.09. The molecular weight excluding hydrogens is 487 g/mol. The molecule has 1 aromatic heterocycles. The second-order valence-corrected chi connectivity index (χ2v) is 9.94. The van der Waals surface area contributed by atoms with E-state index in [1.54, 1.807) is 18.2 Å². The first-order valence-corrected chi connectivity index (χ1v) is 12.8. The Bertz CT molecular complexity index is 1180. The summed E-state index contributed by atoms with van der Waals surface area (Å²) in [5.74, 6) is 0.970. The number of halogens is 2. The number of ether oxygens (including phenoxy) is 1. The Labute approximate surface area is 214 Å². The lowest BCUT2D eigenvalue weighted by molar-refractivity contribution is 0.0392. The van der Waals surface area contributed by atoms with Gasteiger partial charge in [-0.2, -0.15) is 4.98 Å². The van der Waals surface area contributed by atoms with Crippen LogP contribution in [0.25, 0.3) is 11.4 Å². The minimum absolute atomic E-state index is 0.0332. The van der Waals surface area contributed by atoms with Gasteiger partial charge in [-0.15, -0.1) is 0 Å². The van der Waals surface area contributed by atoms with Crippen LogP contribution in [0.5, 0.6) is 0 Å². The smallest absolute Gasteiger partial charge is 0.320 e. The lowest BCUT2D eigenvalue weighted by atomic mass is 9.84. The third-order valence-corrected chi connectivity index (χ3v) is 7.39. The van der Waals surface area contributed by atoms with E-state index in [0.29, 0.717) is 66.7 Å². The molecular formula is C26H28Cl2N4O3. The van der Waals surface area contributed by atoms with Crippen LogP contribution in [0.1, 0.15) is 42.2 Å². The van der Waals surface area contributed by atoms with E-state index in [4.69, 9.17) is 32.5 Å². The van der Waals surface area contributed by atoms with E-state index in [-0.39, 0.29) is 17.9 Å². The van der Waals surface area contributed by atoms with Crippen molar-refractivity contribution in [2.75, 3.05) is 39.4 Å². The van der Waals surface area contributed by atoms with Crippen molar-refractivity contribution in [3.8, 4) is 11.4 Å². The number of aryl methyl sites for hydroxylation is 1. The normalized spacial score (nSPS) is 20.8. The summed E-state index contributed by atoms with van der Waals surface area (Å²) >= 11 is 12.5. The van der Waals surface area contributed by atoms with Gasteiger partial charge in [0, 0.05) is 42.7 Å². The lowest BCUT2D eigenvalue weighted by Gasteiger charge is -2.40. The van der Waals surface area contributed by atoms with Crippen LogP contribution >= 0.6 is 23.2 Å². The molecule has 9 heteroatoms. The van der Waals surface area contributed by atoms with Gasteiger partial charge < -0.3 is 19.1 Å². The van der Waals surface area contributed by atoms with Crippen LogP contribution in [0.15, 0.2) is 47.0 Å². The molecule has 0 N–H and O–H groups in total. The average Bonchev–Trinajstić information content (AvgIpc) is 3.40. The third-order valence-electron chi connectivity index (χ3n) is 6.82. The highest BCUT2D eigenvalue weighted by molar-refractivity contribution is 6.35. The predicted octanol–water partition coefficient (Wildman–Crippen LogP) is 5.63. The van der Waals surface area contributed by atoms with E-state index in [9.17, 15) is 4.79 Å². The highest BCUT2D eigenvalue weighted by Gasteiger charge is 2.36. The molecule has 0 aliphatic carbocycles. The molecule has 2 saturated heterocycles. The van der Waals surface area contributed by atoms with Crippen molar-refractivity contribution in [1.82, 2.24) is 19.9 Å². The minimum atomic E-state index is -0.0937. The molecule has 3 aromatic rings. The predicted molar refractivity (Wildman–Crippen MR) is 135 cm³/mol. The van der Waals surface area contributed by atoms with Crippen LogP contribution in [-0.4, -0.2) is 65.4 Å². The average molecular weight is 515 g/mol. The fourth-order valence-electron chi connectivity index (χ4n) is 4.84. The molecule has 0 spiro atoms. The van der Waals surface area contributed by atoms with Gasteiger partial charge in [0.25, 0.3) is 0 Å². The number of benzene rings is 2. The molecule has 2 fully saturated rings. The largest absolute Gasteiger partial charge is 0.378 e. The number of rotatable bonds is 4. The standard InChI is InChI=1S/C26H28Cl2N4O3/c1-2-17-3-5-18(6-4-17)19-13-20(16-32(15-19)26(33)31-9-11-34-12-10-31)25-29-24(30-35-25)22-14-21(27)7-8-23(22)28/h3-8,14,19-20H,2,9-13,15-16H2,1H3. The molecule has 2 unspecified atom stereocenters. The van der Waals surface area contributed by atoms with Crippen LogP contribution in [0.3, 0.4) is 0 Å². The first-order chi connectivity index (χ1) is 17.0. The monoisotopic (exact) mass is 514 g/mol. The summed E-state index contributed by atoms with van der Waals surface area (Å²) in [7, 11) is 0. The zero-order chi connectivity index (χ0) is 24.4. The number of likely N-dealkylation sites (tertiary alicyclic amines) is 1. The molecule has 2 atom stereocenters. The van der Waals surface area contributed by atoms with Crippen LogP contribution in [0.2, 0.25) is 10.0 Å². The zero-order valence-corrected chi connectivity index (χ0v) is 21.1. The first-order valence-electron chi connectivity index (χ1n) is 12.0. The summed E-state index contributed by atoms with van der Waals surface area (Å²) in [6.07, 6.45) is 1.80. The molecule has 2 aromatic carbocycles. The van der Waals surface area contributed by atoms with Gasteiger partial charge in [-0.3, -0.25) is 0 Å². The van der Waals surface area contributed by atoms with Crippen molar-refractivity contribution in [3.63, 3.8) is 0 Å². The van der Waals surface area contributed by atoms with Crippen LogP contribution in [-0.2, 0) is 11.2 Å². The van der Waals surface area contributed by atoms with E-state index in [1.807, 2.05) is 9.80 Å². The molecule has 0 bridgehead atoms. The first kappa shape index (κ1) is 24.1. The number of piperidine rings is 1. The topological polar surface area (TPSA) is 71.7 Å². The number of nitrogens with zero attached hydrogens (tertiary/aromatic N) is 4. The number of hydrogen-bond acceptors (Lipinski definition) is 5. The molecule has 2 aliphatic rings. The van der Waals surface area contributed by atoms with E-state index in [2.05, 4.69) is 41.3 Å². The maximum Gasteiger partial charge on any atom is 0.320 e. The van der Waals surface area contributed by atoms with Crippen molar-refractivity contribution in [2.24, 2.45) is 0 Å². The van der Waals surface area contributed by atoms with Crippen molar-refractivity contribution in [2.45, 2.75) is 31.6 Å². The lowest BCUT2D eigenvalue weighted by Crippen LogP contribution is -2.52. The SMILES string of the molecule is CCc1ccc(C2CC(c3nc(-c4cc(Cl)ccc4Cl)no3)CN(C(=O)N3CCOCC3)C2)cc1. The van der Waals surface area contributed by atoms with E-state index in [0.717, 1.165) is 12.8 Å². The molecule has 35 heavy (non-hydrogen) atoms. The number of carbonyl (C=O) groups excluding carboxylic acids is 1. The second kappa shape index (κ2) is 10.6. The van der Waals surface area contributed by atoms with Gasteiger partial charge in [0.05, 0.1) is 24.2 Å². The number of hydrogen-bond donors (Lipinski definition) is 0. The maximum absolute atomic E-state index is 13.4. The maximum atomic E-state index is 13.4.